The summed E-state index contributed by atoms with van der Waals surface area (Å²) in [6.07, 6.45) is -2.77. The Kier molecular flexibility index (Phi) is 4.71. The minimum atomic E-state index is -4.76. The van der Waals surface area contributed by atoms with Crippen LogP contribution in [-0.4, -0.2) is 54.0 Å². The third-order valence-corrected chi connectivity index (χ3v) is 3.99. The Bertz CT molecular complexity index is 709. The van der Waals surface area contributed by atoms with Crippen LogP contribution in [0.15, 0.2) is 17.1 Å². The number of rotatable bonds is 4. The molecule has 1 aromatic heterocycles. The van der Waals surface area contributed by atoms with Gasteiger partial charge in [-0.15, -0.1) is 0 Å². The second-order valence-corrected chi connectivity index (χ2v) is 6.68. The number of hydrogen-bond donors (Lipinski definition) is 5. The van der Waals surface area contributed by atoms with Gasteiger partial charge in [0.25, 0.3) is 0 Å². The molecule has 1 saturated heterocycles. The number of phosphoric acid groups is 1. The van der Waals surface area contributed by atoms with Gasteiger partial charge in [-0.05, 0) is 13.0 Å². The van der Waals surface area contributed by atoms with Gasteiger partial charge in [-0.3, -0.25) is 14.1 Å². The summed E-state index contributed by atoms with van der Waals surface area (Å²) in [5.74, 6) is 0. The number of ether oxygens (including phenoxy) is 1. The Labute approximate surface area is 129 Å². The Balaban J connectivity index is 2.28. The number of phosphoric ester groups is 1. The highest BCUT2D eigenvalue weighted by atomic mass is 32.1. The zero-order valence-corrected chi connectivity index (χ0v) is 13.0. The average Bonchev–Trinajstić information content (AvgIpc) is 2.59. The van der Waals surface area contributed by atoms with E-state index in [1.54, 1.807) is 0 Å². The van der Waals surface area contributed by atoms with Crippen molar-refractivity contribution in [3.8, 4) is 0 Å². The molecule has 0 radical (unpaired) electrons. The molecule has 1 aliphatic rings. The summed E-state index contributed by atoms with van der Waals surface area (Å²) in [5.41, 5.74) is -2.55. The quantitative estimate of drug-likeness (QED) is 0.339. The average molecular weight is 354 g/mol. The van der Waals surface area contributed by atoms with Crippen LogP contribution in [-0.2, 0) is 13.8 Å². The molecule has 5 N–H and O–H groups in total. The standard InChI is InChI=1S/C10H15N2O8PS/c1-10(15)7(13)5(4-19-21(16,17)18)20-8(10)12-3-2-6(22)11-9(12)14/h2-3,5,7-8,13,15H,4H2,1H3,(H,11,14,22)(H2,16,17,18)/t5?,7-,8+,10?/m0/s1. The minimum Gasteiger partial charge on any atom is -0.387 e. The molecular weight excluding hydrogens is 339 g/mol. The molecule has 0 saturated carbocycles. The van der Waals surface area contributed by atoms with Gasteiger partial charge in [0.1, 0.15) is 22.4 Å². The van der Waals surface area contributed by atoms with Crippen molar-refractivity contribution in [1.29, 1.82) is 0 Å². The number of aromatic amines is 1. The van der Waals surface area contributed by atoms with E-state index in [1.807, 2.05) is 0 Å². The lowest BCUT2D eigenvalue weighted by molar-refractivity contribution is -0.0986. The summed E-state index contributed by atoms with van der Waals surface area (Å²) >= 11 is 4.79. The number of hydrogen-bond acceptors (Lipinski definition) is 7. The molecule has 2 unspecified atom stereocenters. The predicted molar refractivity (Wildman–Crippen MR) is 74.4 cm³/mol. The van der Waals surface area contributed by atoms with E-state index in [4.69, 9.17) is 26.7 Å². The Morgan fingerprint density at radius 1 is 1.59 bits per heavy atom. The molecule has 2 heterocycles. The van der Waals surface area contributed by atoms with Crippen LogP contribution in [0, 0.1) is 4.64 Å². The van der Waals surface area contributed by atoms with E-state index in [-0.39, 0.29) is 4.64 Å². The van der Waals surface area contributed by atoms with Gasteiger partial charge in [-0.25, -0.2) is 9.36 Å². The largest absolute Gasteiger partial charge is 0.469 e. The van der Waals surface area contributed by atoms with Gasteiger partial charge in [-0.2, -0.15) is 0 Å². The highest BCUT2D eigenvalue weighted by Gasteiger charge is 2.53. The number of H-pyrrole nitrogens is 1. The van der Waals surface area contributed by atoms with Crippen molar-refractivity contribution in [2.75, 3.05) is 6.61 Å². The second-order valence-electron chi connectivity index (χ2n) is 5.00. The molecule has 4 atom stereocenters. The van der Waals surface area contributed by atoms with Crippen LogP contribution < -0.4 is 5.69 Å². The summed E-state index contributed by atoms with van der Waals surface area (Å²) in [5, 5.41) is 20.4. The highest BCUT2D eigenvalue weighted by Crippen LogP contribution is 2.41. The van der Waals surface area contributed by atoms with Gasteiger partial charge in [0, 0.05) is 6.20 Å². The zero-order valence-electron chi connectivity index (χ0n) is 11.3. The lowest BCUT2D eigenvalue weighted by atomic mass is 9.96. The molecule has 0 amide bonds. The molecule has 2 rings (SSSR count). The molecular formula is C10H15N2O8PS. The molecule has 12 heteroatoms. The summed E-state index contributed by atoms with van der Waals surface area (Å²) in [7, 11) is -4.76. The first kappa shape index (κ1) is 17.4. The van der Waals surface area contributed by atoms with E-state index in [1.165, 1.54) is 19.2 Å². The number of aliphatic hydroxyl groups is 2. The molecule has 1 aromatic rings. The lowest BCUT2D eigenvalue weighted by Crippen LogP contribution is -2.46. The van der Waals surface area contributed by atoms with E-state index in [2.05, 4.69) is 9.51 Å². The van der Waals surface area contributed by atoms with Crippen molar-refractivity contribution in [2.24, 2.45) is 0 Å². The fourth-order valence-corrected chi connectivity index (χ4v) is 2.65. The van der Waals surface area contributed by atoms with Gasteiger partial charge in [0.2, 0.25) is 0 Å². The molecule has 0 aromatic carbocycles. The highest BCUT2D eigenvalue weighted by molar-refractivity contribution is 7.71. The van der Waals surface area contributed by atoms with E-state index in [0.717, 1.165) is 4.57 Å². The van der Waals surface area contributed by atoms with Gasteiger partial charge in [0.15, 0.2) is 6.23 Å². The van der Waals surface area contributed by atoms with Gasteiger partial charge in [0.05, 0.1) is 6.61 Å². The van der Waals surface area contributed by atoms with E-state index >= 15 is 0 Å². The second kappa shape index (κ2) is 5.95. The summed E-state index contributed by atoms with van der Waals surface area (Å²) in [4.78, 5) is 31.5. The van der Waals surface area contributed by atoms with Crippen LogP contribution >= 0.6 is 20.0 Å². The third-order valence-electron chi connectivity index (χ3n) is 3.27. The first-order valence-electron chi connectivity index (χ1n) is 6.10. The van der Waals surface area contributed by atoms with Crippen LogP contribution in [0.5, 0.6) is 0 Å². The van der Waals surface area contributed by atoms with Crippen LogP contribution in [0.3, 0.4) is 0 Å². The van der Waals surface area contributed by atoms with Crippen LogP contribution in [0.2, 0.25) is 0 Å². The van der Waals surface area contributed by atoms with Crippen LogP contribution in [0.25, 0.3) is 0 Å². The molecule has 0 bridgehead atoms. The van der Waals surface area contributed by atoms with Crippen LogP contribution in [0.1, 0.15) is 13.2 Å². The van der Waals surface area contributed by atoms with Crippen LogP contribution in [0.4, 0.5) is 0 Å². The summed E-state index contributed by atoms with van der Waals surface area (Å²) in [6, 6.07) is 1.39. The minimum absolute atomic E-state index is 0.181. The predicted octanol–water partition coefficient (Wildman–Crippen LogP) is -0.976. The number of aromatic nitrogens is 2. The normalized spacial score (nSPS) is 32.3. The zero-order chi connectivity index (χ0) is 16.7. The molecule has 124 valence electrons. The number of nitrogens with one attached hydrogen (secondary N) is 1. The van der Waals surface area contributed by atoms with Crippen molar-refractivity contribution in [2.45, 2.75) is 31.0 Å². The molecule has 22 heavy (non-hydrogen) atoms. The first-order valence-corrected chi connectivity index (χ1v) is 8.03. The maximum absolute atomic E-state index is 11.9. The van der Waals surface area contributed by atoms with Gasteiger partial charge < -0.3 is 24.7 Å². The lowest BCUT2D eigenvalue weighted by Gasteiger charge is -2.27. The van der Waals surface area contributed by atoms with Gasteiger partial charge >= 0.3 is 13.5 Å². The molecule has 1 fully saturated rings. The molecule has 1 aliphatic heterocycles. The van der Waals surface area contributed by atoms with Crippen molar-refractivity contribution < 1.29 is 33.8 Å². The van der Waals surface area contributed by atoms with Gasteiger partial charge in [-0.1, -0.05) is 12.2 Å². The smallest absolute Gasteiger partial charge is 0.387 e. The fraction of sp³-hybridized carbons (Fsp3) is 0.600. The Morgan fingerprint density at radius 2 is 2.23 bits per heavy atom. The fourth-order valence-electron chi connectivity index (χ4n) is 2.16. The SMILES string of the molecule is CC1(O)[C@@H](O)C(COP(=O)(O)O)O[C@H]1n1ccc(=S)[nH]c1=O. The summed E-state index contributed by atoms with van der Waals surface area (Å²) in [6.45, 7) is 0.573. The molecule has 0 spiro atoms. The third kappa shape index (κ3) is 3.53. The summed E-state index contributed by atoms with van der Waals surface area (Å²) < 4.78 is 21.5. The Morgan fingerprint density at radius 3 is 2.77 bits per heavy atom. The molecule has 10 nitrogen and oxygen atoms in total. The van der Waals surface area contributed by atoms with E-state index < -0.39 is 44.2 Å². The maximum atomic E-state index is 11.9. The van der Waals surface area contributed by atoms with Crippen molar-refractivity contribution in [3.63, 3.8) is 0 Å². The topological polar surface area (TPSA) is 154 Å². The maximum Gasteiger partial charge on any atom is 0.469 e. The van der Waals surface area contributed by atoms with Crippen molar-refractivity contribution in [3.05, 3.63) is 27.4 Å². The monoisotopic (exact) mass is 354 g/mol. The van der Waals surface area contributed by atoms with E-state index in [0.29, 0.717) is 0 Å². The Hall–Kier alpha value is -0.910. The van der Waals surface area contributed by atoms with Crippen molar-refractivity contribution >= 4 is 20.0 Å². The number of aliphatic hydroxyl groups excluding tert-OH is 1. The first-order chi connectivity index (χ1) is 10.0. The van der Waals surface area contributed by atoms with Crippen molar-refractivity contribution in [1.82, 2.24) is 9.55 Å². The number of nitrogens with zero attached hydrogens (tertiary/aromatic N) is 1. The molecule has 0 aliphatic carbocycles. The van der Waals surface area contributed by atoms with E-state index in [9.17, 15) is 19.6 Å².